The van der Waals surface area contributed by atoms with Crippen LogP contribution in [0, 0.1) is 0 Å². The number of aromatic amines is 1. The number of carbonyl (C=O) groups excluding carboxylic acids is 2. The van der Waals surface area contributed by atoms with Crippen LogP contribution in [0.2, 0.25) is 0 Å². The number of likely N-dealkylation sites (N-methyl/N-ethyl adjacent to an activating group) is 1. The van der Waals surface area contributed by atoms with Gasteiger partial charge in [-0.05, 0) is 17.2 Å². The number of H-pyrrole nitrogens is 1. The lowest BCUT2D eigenvalue weighted by Gasteiger charge is -2.28. The van der Waals surface area contributed by atoms with E-state index in [1.54, 1.807) is 13.2 Å². The van der Waals surface area contributed by atoms with Gasteiger partial charge in [0.25, 0.3) is 0 Å². The highest BCUT2D eigenvalue weighted by Gasteiger charge is 2.31. The van der Waals surface area contributed by atoms with Crippen LogP contribution in [0.1, 0.15) is 22.9 Å². The van der Waals surface area contributed by atoms with Gasteiger partial charge in [-0.3, -0.25) is 4.79 Å². The third-order valence-corrected chi connectivity index (χ3v) is 4.67. The molecule has 1 heterocycles. The Kier molecular flexibility index (Phi) is 6.58. The van der Waals surface area contributed by atoms with E-state index in [2.05, 4.69) is 16.5 Å². The summed E-state index contributed by atoms with van der Waals surface area (Å²) in [5, 5.41) is 0. The number of nitrogens with zero attached hydrogens (tertiary/aromatic N) is 2. The molecule has 1 aromatic heterocycles. The monoisotopic (exact) mass is 389 g/mol. The van der Waals surface area contributed by atoms with Gasteiger partial charge in [0.05, 0.1) is 6.33 Å². The minimum atomic E-state index is -0.823. The maximum absolute atomic E-state index is 13.2. The largest absolute Gasteiger partial charge is 0.451 e. The van der Waals surface area contributed by atoms with Crippen LogP contribution in [0.15, 0.2) is 85.8 Å². The van der Waals surface area contributed by atoms with E-state index in [-0.39, 0.29) is 12.3 Å². The number of rotatable bonds is 8. The maximum atomic E-state index is 13.2. The summed E-state index contributed by atoms with van der Waals surface area (Å²) >= 11 is 0. The molecule has 6 heteroatoms. The van der Waals surface area contributed by atoms with Gasteiger partial charge in [-0.1, -0.05) is 67.2 Å². The molecular formula is C23H23N3O3. The smallest absolute Gasteiger partial charge is 0.330 e. The third kappa shape index (κ3) is 4.99. The number of ether oxygens (including phenoxy) is 1. The van der Waals surface area contributed by atoms with E-state index in [4.69, 9.17) is 4.74 Å². The number of benzene rings is 2. The first-order valence-corrected chi connectivity index (χ1v) is 9.27. The van der Waals surface area contributed by atoms with Crippen LogP contribution in [0.3, 0.4) is 0 Å². The van der Waals surface area contributed by atoms with Crippen LogP contribution in [0.25, 0.3) is 0 Å². The van der Waals surface area contributed by atoms with Crippen molar-refractivity contribution in [3.05, 3.63) is 103 Å². The average Bonchev–Trinajstić information content (AvgIpc) is 3.29. The summed E-state index contributed by atoms with van der Waals surface area (Å²) in [5.74, 6) is -0.863. The Morgan fingerprint density at radius 1 is 1.10 bits per heavy atom. The van der Waals surface area contributed by atoms with Gasteiger partial charge in [0.2, 0.25) is 5.91 Å². The van der Waals surface area contributed by atoms with Crippen LogP contribution in [0.4, 0.5) is 0 Å². The van der Waals surface area contributed by atoms with Gasteiger partial charge >= 0.3 is 5.97 Å². The Hall–Kier alpha value is -3.67. The molecule has 0 saturated heterocycles. The summed E-state index contributed by atoms with van der Waals surface area (Å²) in [6, 6.07) is 18.2. The van der Waals surface area contributed by atoms with Gasteiger partial charge in [-0.2, -0.15) is 0 Å². The molecule has 0 bridgehead atoms. The second kappa shape index (κ2) is 9.50. The van der Waals surface area contributed by atoms with Crippen molar-refractivity contribution in [2.75, 3.05) is 7.05 Å². The van der Waals surface area contributed by atoms with Crippen molar-refractivity contribution >= 4 is 11.9 Å². The molecule has 0 aliphatic rings. The fraction of sp³-hybridized carbons (Fsp3) is 0.174. The number of aromatic nitrogens is 2. The number of imidazole rings is 1. The molecule has 3 rings (SSSR count). The lowest BCUT2D eigenvalue weighted by Crippen LogP contribution is -2.44. The van der Waals surface area contributed by atoms with Gasteiger partial charge in [0.1, 0.15) is 6.04 Å². The van der Waals surface area contributed by atoms with Crippen molar-refractivity contribution in [1.82, 2.24) is 14.9 Å². The van der Waals surface area contributed by atoms with Crippen LogP contribution in [-0.2, 0) is 20.7 Å². The standard InChI is InChI=1S/C23H23N3O3/c1-3-21(27)26(2)20(14-19-15-24-16-25-19)23(28)29-22(17-10-6-4-7-11-17)18-12-8-5-9-13-18/h3-13,15-16,20,22H,1,14H2,2H3,(H,24,25)/t20-/m0/s1. The highest BCUT2D eigenvalue weighted by molar-refractivity contribution is 5.91. The first-order valence-electron chi connectivity index (χ1n) is 9.27. The van der Waals surface area contributed by atoms with Crippen molar-refractivity contribution in [2.24, 2.45) is 0 Å². The molecule has 1 amide bonds. The van der Waals surface area contributed by atoms with Crippen molar-refractivity contribution < 1.29 is 14.3 Å². The summed E-state index contributed by atoms with van der Waals surface area (Å²) in [7, 11) is 1.56. The Morgan fingerprint density at radius 2 is 1.69 bits per heavy atom. The van der Waals surface area contributed by atoms with Crippen molar-refractivity contribution in [2.45, 2.75) is 18.6 Å². The first-order chi connectivity index (χ1) is 14.1. The van der Waals surface area contributed by atoms with Crippen molar-refractivity contribution in [3.8, 4) is 0 Å². The van der Waals surface area contributed by atoms with E-state index in [1.165, 1.54) is 17.3 Å². The molecule has 29 heavy (non-hydrogen) atoms. The SMILES string of the molecule is C=CC(=O)N(C)[C@@H](Cc1cnc[nH]1)C(=O)OC(c1ccccc1)c1ccccc1. The molecule has 2 aromatic carbocycles. The molecule has 0 unspecified atom stereocenters. The molecule has 1 N–H and O–H groups in total. The van der Waals surface area contributed by atoms with Gasteiger partial charge in [-0.15, -0.1) is 0 Å². The predicted molar refractivity (Wildman–Crippen MR) is 110 cm³/mol. The number of carbonyl (C=O) groups is 2. The van der Waals surface area contributed by atoms with Crippen molar-refractivity contribution in [1.29, 1.82) is 0 Å². The van der Waals surface area contributed by atoms with E-state index >= 15 is 0 Å². The zero-order valence-electron chi connectivity index (χ0n) is 16.2. The zero-order chi connectivity index (χ0) is 20.6. The Labute approximate surface area is 169 Å². The summed E-state index contributed by atoms with van der Waals surface area (Å²) in [6.07, 6.45) is 4.01. The summed E-state index contributed by atoms with van der Waals surface area (Å²) in [4.78, 5) is 33.7. The quantitative estimate of drug-likeness (QED) is 0.474. The van der Waals surface area contributed by atoms with Crippen LogP contribution in [0.5, 0.6) is 0 Å². The summed E-state index contributed by atoms with van der Waals surface area (Å²) in [5.41, 5.74) is 2.43. The summed E-state index contributed by atoms with van der Waals surface area (Å²) in [6.45, 7) is 3.51. The summed E-state index contributed by atoms with van der Waals surface area (Å²) < 4.78 is 5.95. The highest BCUT2D eigenvalue weighted by Crippen LogP contribution is 2.27. The third-order valence-electron chi connectivity index (χ3n) is 4.67. The first kappa shape index (κ1) is 20.1. The van der Waals surface area contributed by atoms with Crippen molar-refractivity contribution in [3.63, 3.8) is 0 Å². The number of nitrogens with one attached hydrogen (secondary N) is 1. The van der Waals surface area contributed by atoms with E-state index in [9.17, 15) is 9.59 Å². The number of amides is 1. The molecular weight excluding hydrogens is 366 g/mol. The molecule has 0 aliphatic carbocycles. The van der Waals surface area contributed by atoms with Crippen LogP contribution in [-0.4, -0.2) is 39.8 Å². The minimum absolute atomic E-state index is 0.255. The fourth-order valence-electron chi connectivity index (χ4n) is 3.06. The normalized spacial score (nSPS) is 11.7. The van der Waals surface area contributed by atoms with Crippen LogP contribution < -0.4 is 0 Å². The van der Waals surface area contributed by atoms with Gasteiger partial charge in [0.15, 0.2) is 6.10 Å². The molecule has 3 aromatic rings. The fourth-order valence-corrected chi connectivity index (χ4v) is 3.06. The second-order valence-electron chi connectivity index (χ2n) is 6.59. The Bertz CT molecular complexity index is 901. The van der Waals surface area contributed by atoms with Gasteiger partial charge in [-0.25, -0.2) is 9.78 Å². The molecule has 0 radical (unpaired) electrons. The maximum Gasteiger partial charge on any atom is 0.330 e. The van der Waals surface area contributed by atoms with E-state index in [0.29, 0.717) is 0 Å². The van der Waals surface area contributed by atoms with E-state index in [1.807, 2.05) is 60.7 Å². The number of hydrogen-bond acceptors (Lipinski definition) is 4. The molecule has 0 spiro atoms. The van der Waals surface area contributed by atoms with Gasteiger partial charge < -0.3 is 14.6 Å². The Balaban J connectivity index is 1.90. The zero-order valence-corrected chi connectivity index (χ0v) is 16.2. The average molecular weight is 389 g/mol. The van der Waals surface area contributed by atoms with Crippen LogP contribution >= 0.6 is 0 Å². The Morgan fingerprint density at radius 3 is 2.17 bits per heavy atom. The molecule has 0 fully saturated rings. The second-order valence-corrected chi connectivity index (χ2v) is 6.59. The van der Waals surface area contributed by atoms with E-state index in [0.717, 1.165) is 16.8 Å². The minimum Gasteiger partial charge on any atom is -0.451 e. The molecule has 6 nitrogen and oxygen atoms in total. The lowest BCUT2D eigenvalue weighted by atomic mass is 10.0. The number of hydrogen-bond donors (Lipinski definition) is 1. The van der Waals surface area contributed by atoms with E-state index < -0.39 is 18.1 Å². The molecule has 0 aliphatic heterocycles. The van der Waals surface area contributed by atoms with Gasteiger partial charge in [0, 0.05) is 25.4 Å². The highest BCUT2D eigenvalue weighted by atomic mass is 16.5. The molecule has 148 valence electrons. The molecule has 0 saturated carbocycles. The number of esters is 1. The molecule has 1 atom stereocenters. The topological polar surface area (TPSA) is 75.3 Å². The lowest BCUT2D eigenvalue weighted by molar-refractivity contribution is -0.156. The predicted octanol–water partition coefficient (Wildman–Crippen LogP) is 3.30.